The lowest BCUT2D eigenvalue weighted by Gasteiger charge is -2.13. The minimum absolute atomic E-state index is 0.153. The molecular formula is C11H10ClF3N2O3. The molecule has 110 valence electrons. The van der Waals surface area contributed by atoms with Gasteiger partial charge in [0.15, 0.2) is 0 Å². The van der Waals surface area contributed by atoms with Crippen molar-refractivity contribution in [2.24, 2.45) is 0 Å². The monoisotopic (exact) mass is 310 g/mol. The molecule has 0 aliphatic heterocycles. The molecule has 0 bridgehead atoms. The number of alkyl halides is 3. The molecule has 0 saturated carbocycles. The number of carbonyl (C=O) groups is 2. The van der Waals surface area contributed by atoms with Crippen LogP contribution >= 0.6 is 11.6 Å². The summed E-state index contributed by atoms with van der Waals surface area (Å²) >= 11 is 5.47. The minimum atomic E-state index is -4.73. The summed E-state index contributed by atoms with van der Waals surface area (Å²) in [5.41, 5.74) is -1.74. The first kappa shape index (κ1) is 16.3. The first-order valence-electron chi connectivity index (χ1n) is 5.32. The third-order valence-electron chi connectivity index (χ3n) is 2.14. The number of rotatable bonds is 3. The Morgan fingerprint density at radius 2 is 1.90 bits per heavy atom. The maximum absolute atomic E-state index is 12.7. The lowest BCUT2D eigenvalue weighted by atomic mass is 10.1. The van der Waals surface area contributed by atoms with Gasteiger partial charge in [-0.15, -0.1) is 0 Å². The van der Waals surface area contributed by atoms with Crippen molar-refractivity contribution >= 4 is 29.1 Å². The van der Waals surface area contributed by atoms with Gasteiger partial charge in [-0.05, 0) is 18.2 Å². The molecule has 1 aromatic rings. The largest absolute Gasteiger partial charge is 0.418 e. The maximum Gasteiger partial charge on any atom is 0.418 e. The molecule has 5 nitrogen and oxygen atoms in total. The van der Waals surface area contributed by atoms with Crippen LogP contribution in [0.15, 0.2) is 18.2 Å². The molecule has 0 aliphatic rings. The fourth-order valence-corrected chi connectivity index (χ4v) is 1.46. The van der Waals surface area contributed by atoms with Gasteiger partial charge in [-0.2, -0.15) is 13.2 Å². The molecule has 0 unspecified atom stereocenters. The second-order valence-corrected chi connectivity index (χ2v) is 4.06. The van der Waals surface area contributed by atoms with Crippen molar-refractivity contribution in [1.82, 2.24) is 5.32 Å². The van der Waals surface area contributed by atoms with E-state index in [9.17, 15) is 22.8 Å². The maximum atomic E-state index is 12.7. The number of aliphatic hydroxyl groups is 1. The number of benzene rings is 1. The average Bonchev–Trinajstić information content (AvgIpc) is 2.36. The molecule has 0 spiro atoms. The van der Waals surface area contributed by atoms with Gasteiger partial charge in [0.1, 0.15) is 0 Å². The van der Waals surface area contributed by atoms with Gasteiger partial charge in [-0.25, -0.2) is 0 Å². The number of amides is 2. The van der Waals surface area contributed by atoms with Crippen LogP contribution in [0.2, 0.25) is 5.02 Å². The molecule has 3 N–H and O–H groups in total. The molecule has 9 heteroatoms. The third-order valence-corrected chi connectivity index (χ3v) is 2.37. The summed E-state index contributed by atoms with van der Waals surface area (Å²) in [6, 6.07) is 2.74. The zero-order valence-corrected chi connectivity index (χ0v) is 10.7. The zero-order chi connectivity index (χ0) is 15.3. The van der Waals surface area contributed by atoms with Crippen LogP contribution in [-0.2, 0) is 15.8 Å². The van der Waals surface area contributed by atoms with Crippen LogP contribution in [0, 0.1) is 0 Å². The van der Waals surface area contributed by atoms with Crippen molar-refractivity contribution in [3.63, 3.8) is 0 Å². The molecule has 1 aromatic carbocycles. The Morgan fingerprint density at radius 1 is 1.25 bits per heavy atom. The topological polar surface area (TPSA) is 78.4 Å². The Balaban J connectivity index is 2.93. The normalized spacial score (nSPS) is 11.1. The Labute approximate surface area is 116 Å². The molecule has 20 heavy (non-hydrogen) atoms. The quantitative estimate of drug-likeness (QED) is 0.739. The average molecular weight is 311 g/mol. The van der Waals surface area contributed by atoms with Gasteiger partial charge in [-0.3, -0.25) is 9.59 Å². The number of anilines is 1. The molecule has 1 rings (SSSR count). The number of hydrogen-bond donors (Lipinski definition) is 3. The predicted octanol–water partition coefficient (Wildman–Crippen LogP) is 1.41. The van der Waals surface area contributed by atoms with Crippen molar-refractivity contribution < 1.29 is 27.9 Å². The standard InChI is InChI=1S/C11H10ClF3N2O3/c12-6-1-2-8(7(5-6)11(13,14)15)17-10(20)9(19)16-3-4-18/h1-2,5,18H,3-4H2,(H,16,19)(H,17,20). The second kappa shape index (κ2) is 6.58. The highest BCUT2D eigenvalue weighted by Gasteiger charge is 2.34. The van der Waals surface area contributed by atoms with Crippen molar-refractivity contribution in [1.29, 1.82) is 0 Å². The Morgan fingerprint density at radius 3 is 2.45 bits per heavy atom. The van der Waals surface area contributed by atoms with E-state index in [1.807, 2.05) is 10.6 Å². The summed E-state index contributed by atoms with van der Waals surface area (Å²) in [5, 5.41) is 12.2. The van der Waals surface area contributed by atoms with Crippen LogP contribution in [0.25, 0.3) is 0 Å². The highest BCUT2D eigenvalue weighted by atomic mass is 35.5. The van der Waals surface area contributed by atoms with Crippen molar-refractivity contribution in [3.8, 4) is 0 Å². The second-order valence-electron chi connectivity index (χ2n) is 3.62. The number of aliphatic hydroxyl groups excluding tert-OH is 1. The highest BCUT2D eigenvalue weighted by Crippen LogP contribution is 2.36. The van der Waals surface area contributed by atoms with Gasteiger partial charge in [0.25, 0.3) is 0 Å². The summed E-state index contributed by atoms with van der Waals surface area (Å²) in [4.78, 5) is 22.6. The molecule has 0 aliphatic carbocycles. The summed E-state index contributed by atoms with van der Waals surface area (Å²) < 4.78 is 38.2. The SMILES string of the molecule is O=C(NCCO)C(=O)Nc1ccc(Cl)cc1C(F)(F)F. The predicted molar refractivity (Wildman–Crippen MR) is 65.2 cm³/mol. The number of nitrogens with one attached hydrogen (secondary N) is 2. The highest BCUT2D eigenvalue weighted by molar-refractivity contribution is 6.39. The smallest absolute Gasteiger partial charge is 0.395 e. The van der Waals surface area contributed by atoms with E-state index >= 15 is 0 Å². The number of carbonyl (C=O) groups excluding carboxylic acids is 2. The third kappa shape index (κ3) is 4.39. The summed E-state index contributed by atoms with van der Waals surface area (Å²) in [7, 11) is 0. The van der Waals surface area contributed by atoms with Crippen molar-refractivity contribution in [2.75, 3.05) is 18.5 Å². The molecule has 0 fully saturated rings. The van der Waals surface area contributed by atoms with Crippen LogP contribution in [0.4, 0.5) is 18.9 Å². The number of halogens is 4. The van der Waals surface area contributed by atoms with Crippen LogP contribution in [0.5, 0.6) is 0 Å². The van der Waals surface area contributed by atoms with E-state index in [1.54, 1.807) is 0 Å². The van der Waals surface area contributed by atoms with Gasteiger partial charge in [-0.1, -0.05) is 11.6 Å². The zero-order valence-electron chi connectivity index (χ0n) is 9.92. The van der Waals surface area contributed by atoms with Gasteiger partial charge < -0.3 is 15.7 Å². The van der Waals surface area contributed by atoms with E-state index in [2.05, 4.69) is 0 Å². The van der Waals surface area contributed by atoms with Gasteiger partial charge in [0.05, 0.1) is 17.9 Å². The van der Waals surface area contributed by atoms with Crippen LogP contribution in [0.3, 0.4) is 0 Å². The fraction of sp³-hybridized carbons (Fsp3) is 0.273. The Bertz CT molecular complexity index is 520. The van der Waals surface area contributed by atoms with Crippen LogP contribution < -0.4 is 10.6 Å². The van der Waals surface area contributed by atoms with E-state index in [-0.39, 0.29) is 11.6 Å². The first-order valence-corrected chi connectivity index (χ1v) is 5.70. The molecule has 0 heterocycles. The van der Waals surface area contributed by atoms with Crippen molar-refractivity contribution in [3.05, 3.63) is 28.8 Å². The molecule has 0 aromatic heterocycles. The van der Waals surface area contributed by atoms with E-state index in [4.69, 9.17) is 16.7 Å². The molecule has 0 saturated heterocycles. The Hall–Kier alpha value is -1.80. The Kier molecular flexibility index (Phi) is 5.34. The molecular weight excluding hydrogens is 301 g/mol. The van der Waals surface area contributed by atoms with E-state index in [0.29, 0.717) is 6.07 Å². The van der Waals surface area contributed by atoms with Gasteiger partial charge in [0, 0.05) is 11.6 Å². The fourth-order valence-electron chi connectivity index (χ4n) is 1.29. The summed E-state index contributed by atoms with van der Waals surface area (Å²) in [6.07, 6.45) is -4.73. The lowest BCUT2D eigenvalue weighted by molar-refractivity contribution is -0.138. The molecule has 0 atom stereocenters. The lowest BCUT2D eigenvalue weighted by Crippen LogP contribution is -2.37. The number of hydrogen-bond acceptors (Lipinski definition) is 3. The molecule has 2 amide bonds. The summed E-state index contributed by atoms with van der Waals surface area (Å²) in [5.74, 6) is -2.42. The van der Waals surface area contributed by atoms with Gasteiger partial charge in [0.2, 0.25) is 0 Å². The van der Waals surface area contributed by atoms with E-state index < -0.39 is 35.8 Å². The summed E-state index contributed by atoms with van der Waals surface area (Å²) in [6.45, 7) is -0.577. The van der Waals surface area contributed by atoms with Crippen molar-refractivity contribution in [2.45, 2.75) is 6.18 Å². The van der Waals surface area contributed by atoms with E-state index in [1.165, 1.54) is 0 Å². The molecule has 0 radical (unpaired) electrons. The first-order chi connectivity index (χ1) is 9.25. The van der Waals surface area contributed by atoms with Gasteiger partial charge >= 0.3 is 18.0 Å². The minimum Gasteiger partial charge on any atom is -0.395 e. The van der Waals surface area contributed by atoms with E-state index in [0.717, 1.165) is 12.1 Å². The van der Waals surface area contributed by atoms with Crippen LogP contribution in [-0.4, -0.2) is 30.1 Å². The van der Waals surface area contributed by atoms with Crippen LogP contribution in [0.1, 0.15) is 5.56 Å².